The quantitative estimate of drug-likeness (QED) is 0.868. The molecule has 23 heavy (non-hydrogen) atoms. The first-order chi connectivity index (χ1) is 11.3. The third-order valence-corrected chi connectivity index (χ3v) is 5.17. The van der Waals surface area contributed by atoms with E-state index in [0.717, 1.165) is 19.0 Å². The number of piperidine rings is 1. The minimum Gasteiger partial charge on any atom is -0.382 e. The molecule has 2 heterocycles. The van der Waals surface area contributed by atoms with Gasteiger partial charge in [-0.1, -0.05) is 19.3 Å². The molecule has 6 heteroatoms. The van der Waals surface area contributed by atoms with Gasteiger partial charge in [-0.25, -0.2) is 4.98 Å². The van der Waals surface area contributed by atoms with Gasteiger partial charge in [0.05, 0.1) is 6.20 Å². The lowest BCUT2D eigenvalue weighted by atomic mass is 9.96. The van der Waals surface area contributed by atoms with Crippen molar-refractivity contribution in [3.8, 4) is 6.07 Å². The van der Waals surface area contributed by atoms with Crippen LogP contribution in [0.5, 0.6) is 0 Å². The predicted molar refractivity (Wildman–Crippen MR) is 90.9 cm³/mol. The van der Waals surface area contributed by atoms with Crippen LogP contribution < -0.4 is 11.1 Å². The number of hydrogen-bond acceptors (Lipinski definition) is 6. The average Bonchev–Trinajstić information content (AvgIpc) is 3.10. The predicted octanol–water partition coefficient (Wildman–Crippen LogP) is 2.53. The van der Waals surface area contributed by atoms with Crippen LogP contribution in [0, 0.1) is 11.3 Å². The first-order valence-corrected chi connectivity index (χ1v) is 8.80. The number of nitrogens with zero attached hydrogens (tertiary/aromatic N) is 4. The van der Waals surface area contributed by atoms with E-state index in [1.54, 1.807) is 0 Å². The number of nitrogens with one attached hydrogen (secondary N) is 1. The van der Waals surface area contributed by atoms with Crippen LogP contribution in [0.3, 0.4) is 0 Å². The number of likely N-dealkylation sites (tertiary alicyclic amines) is 1. The molecule has 2 aliphatic rings. The lowest BCUT2D eigenvalue weighted by molar-refractivity contribution is 0.0933. The summed E-state index contributed by atoms with van der Waals surface area (Å²) in [5.41, 5.74) is 6.06. The number of aromatic nitrogens is 2. The van der Waals surface area contributed by atoms with Crippen LogP contribution in [0.1, 0.15) is 56.9 Å². The summed E-state index contributed by atoms with van der Waals surface area (Å²) in [5, 5.41) is 12.1. The van der Waals surface area contributed by atoms with E-state index in [1.165, 1.54) is 57.7 Å². The molecule has 1 aromatic heterocycles. The van der Waals surface area contributed by atoms with Crippen molar-refractivity contribution in [3.63, 3.8) is 0 Å². The number of nitriles is 1. The second kappa shape index (κ2) is 7.60. The molecule has 1 saturated carbocycles. The van der Waals surface area contributed by atoms with E-state index in [-0.39, 0.29) is 5.82 Å². The van der Waals surface area contributed by atoms with Crippen molar-refractivity contribution in [2.75, 3.05) is 24.1 Å². The second-order valence-corrected chi connectivity index (χ2v) is 6.65. The monoisotopic (exact) mass is 314 g/mol. The van der Waals surface area contributed by atoms with E-state index >= 15 is 0 Å². The summed E-state index contributed by atoms with van der Waals surface area (Å²) in [6.07, 6.45) is 12.1. The van der Waals surface area contributed by atoms with Gasteiger partial charge in [-0.05, 0) is 38.6 Å². The second-order valence-electron chi connectivity index (χ2n) is 6.65. The summed E-state index contributed by atoms with van der Waals surface area (Å²) >= 11 is 0. The van der Waals surface area contributed by atoms with Gasteiger partial charge in [0.2, 0.25) is 5.95 Å². The van der Waals surface area contributed by atoms with E-state index < -0.39 is 0 Å². The molecular formula is C17H26N6. The summed E-state index contributed by atoms with van der Waals surface area (Å²) in [7, 11) is 0. The fourth-order valence-electron chi connectivity index (χ4n) is 3.97. The van der Waals surface area contributed by atoms with Crippen LogP contribution in [0.15, 0.2) is 6.20 Å². The van der Waals surface area contributed by atoms with E-state index in [4.69, 9.17) is 11.0 Å². The smallest absolute Gasteiger partial charge is 0.224 e. The zero-order valence-corrected chi connectivity index (χ0v) is 13.7. The van der Waals surface area contributed by atoms with Crippen molar-refractivity contribution >= 4 is 11.8 Å². The van der Waals surface area contributed by atoms with Gasteiger partial charge < -0.3 is 11.1 Å². The Balaban J connectivity index is 1.52. The van der Waals surface area contributed by atoms with E-state index in [1.807, 2.05) is 6.07 Å². The van der Waals surface area contributed by atoms with Gasteiger partial charge in [-0.15, -0.1) is 0 Å². The molecule has 0 spiro atoms. The summed E-state index contributed by atoms with van der Waals surface area (Å²) in [6.45, 7) is 2.11. The standard InChI is InChI=1S/C17H26N6/c18-11-13-12-21-17(22-16(13)19)20-9-8-15-7-3-4-10-23(15)14-5-1-2-6-14/h12,14-15H,1-10H2,(H3,19,20,21,22). The first kappa shape index (κ1) is 16.0. The molecule has 6 nitrogen and oxygen atoms in total. The maximum absolute atomic E-state index is 8.85. The van der Waals surface area contributed by atoms with Gasteiger partial charge in [0.1, 0.15) is 17.5 Å². The molecule has 1 aliphatic heterocycles. The Morgan fingerprint density at radius 3 is 2.78 bits per heavy atom. The molecule has 0 amide bonds. The van der Waals surface area contributed by atoms with Crippen molar-refractivity contribution in [2.45, 2.75) is 63.5 Å². The van der Waals surface area contributed by atoms with E-state index in [0.29, 0.717) is 17.6 Å². The van der Waals surface area contributed by atoms with Crippen molar-refractivity contribution in [2.24, 2.45) is 0 Å². The lowest BCUT2D eigenvalue weighted by Crippen LogP contribution is -2.45. The number of nitrogens with two attached hydrogens (primary N) is 1. The molecule has 1 saturated heterocycles. The van der Waals surface area contributed by atoms with E-state index in [2.05, 4.69) is 20.2 Å². The van der Waals surface area contributed by atoms with Crippen molar-refractivity contribution in [1.29, 1.82) is 5.26 Å². The lowest BCUT2D eigenvalue weighted by Gasteiger charge is -2.40. The summed E-state index contributed by atoms with van der Waals surface area (Å²) in [5.74, 6) is 0.764. The van der Waals surface area contributed by atoms with Crippen LogP contribution in [-0.2, 0) is 0 Å². The van der Waals surface area contributed by atoms with Crippen LogP contribution in [0.25, 0.3) is 0 Å². The topological polar surface area (TPSA) is 90.9 Å². The summed E-state index contributed by atoms with van der Waals surface area (Å²) in [6, 6.07) is 3.47. The maximum Gasteiger partial charge on any atom is 0.224 e. The number of anilines is 2. The molecular weight excluding hydrogens is 288 g/mol. The fourth-order valence-corrected chi connectivity index (χ4v) is 3.97. The minimum atomic E-state index is 0.246. The van der Waals surface area contributed by atoms with Gasteiger partial charge >= 0.3 is 0 Å². The molecule has 0 bridgehead atoms. The van der Waals surface area contributed by atoms with Crippen molar-refractivity contribution in [1.82, 2.24) is 14.9 Å². The van der Waals surface area contributed by atoms with Crippen LogP contribution >= 0.6 is 0 Å². The highest BCUT2D eigenvalue weighted by molar-refractivity contribution is 5.49. The molecule has 3 N–H and O–H groups in total. The molecule has 2 fully saturated rings. The van der Waals surface area contributed by atoms with Gasteiger partial charge in [0.15, 0.2) is 0 Å². The Hall–Kier alpha value is -1.87. The summed E-state index contributed by atoms with van der Waals surface area (Å²) in [4.78, 5) is 11.0. The molecule has 3 rings (SSSR count). The van der Waals surface area contributed by atoms with Crippen LogP contribution in [-0.4, -0.2) is 40.0 Å². The molecule has 1 atom stereocenters. The molecule has 0 radical (unpaired) electrons. The largest absolute Gasteiger partial charge is 0.382 e. The van der Waals surface area contributed by atoms with Crippen molar-refractivity contribution < 1.29 is 0 Å². The molecule has 0 aromatic carbocycles. The fraction of sp³-hybridized carbons (Fsp3) is 0.706. The zero-order valence-electron chi connectivity index (χ0n) is 13.7. The van der Waals surface area contributed by atoms with Gasteiger partial charge in [-0.2, -0.15) is 10.2 Å². The Kier molecular flexibility index (Phi) is 5.29. The minimum absolute atomic E-state index is 0.246. The highest BCUT2D eigenvalue weighted by atomic mass is 15.2. The Morgan fingerprint density at radius 1 is 1.26 bits per heavy atom. The Bertz CT molecular complexity index is 561. The van der Waals surface area contributed by atoms with Crippen molar-refractivity contribution in [3.05, 3.63) is 11.8 Å². The first-order valence-electron chi connectivity index (χ1n) is 8.80. The Labute approximate surface area is 138 Å². The number of rotatable bonds is 5. The number of hydrogen-bond donors (Lipinski definition) is 2. The zero-order chi connectivity index (χ0) is 16.1. The summed E-state index contributed by atoms with van der Waals surface area (Å²) < 4.78 is 0. The SMILES string of the molecule is N#Cc1cnc(NCCC2CCCCN2C2CCCC2)nc1N. The highest BCUT2D eigenvalue weighted by Gasteiger charge is 2.30. The third kappa shape index (κ3) is 3.91. The average molecular weight is 314 g/mol. The van der Waals surface area contributed by atoms with Crippen LogP contribution in [0.2, 0.25) is 0 Å². The van der Waals surface area contributed by atoms with Gasteiger partial charge in [-0.3, -0.25) is 4.90 Å². The normalized spacial score (nSPS) is 22.8. The molecule has 124 valence electrons. The Morgan fingerprint density at radius 2 is 2.04 bits per heavy atom. The molecule has 1 aliphatic carbocycles. The highest BCUT2D eigenvalue weighted by Crippen LogP contribution is 2.30. The maximum atomic E-state index is 8.85. The van der Waals surface area contributed by atoms with E-state index in [9.17, 15) is 0 Å². The third-order valence-electron chi connectivity index (χ3n) is 5.17. The van der Waals surface area contributed by atoms with Gasteiger partial charge in [0, 0.05) is 18.6 Å². The number of nitrogen functional groups attached to an aromatic ring is 1. The van der Waals surface area contributed by atoms with Crippen LogP contribution in [0.4, 0.5) is 11.8 Å². The molecule has 1 unspecified atom stereocenters. The molecule has 1 aromatic rings. The van der Waals surface area contributed by atoms with Gasteiger partial charge in [0.25, 0.3) is 0 Å².